The summed E-state index contributed by atoms with van der Waals surface area (Å²) in [6.07, 6.45) is 0. The van der Waals surface area contributed by atoms with E-state index in [-0.39, 0.29) is 5.91 Å². The lowest BCUT2D eigenvalue weighted by Gasteiger charge is -2.01. The number of nitrogens with zero attached hydrogens (tertiary/aromatic N) is 2. The van der Waals surface area contributed by atoms with E-state index >= 15 is 0 Å². The molecule has 1 aromatic carbocycles. The summed E-state index contributed by atoms with van der Waals surface area (Å²) in [6.45, 7) is 1.90. The minimum Gasteiger partial charge on any atom is -0.321 e. The van der Waals surface area contributed by atoms with Crippen LogP contribution in [0.1, 0.15) is 16.2 Å². The first-order chi connectivity index (χ1) is 7.66. The van der Waals surface area contributed by atoms with Gasteiger partial charge in [-0.25, -0.2) is 0 Å². The molecule has 0 atom stereocenters. The average Bonchev–Trinajstić information content (AvgIpc) is 2.61. The van der Waals surface area contributed by atoms with Crippen LogP contribution in [-0.4, -0.2) is 15.7 Å². The third-order valence-corrected chi connectivity index (χ3v) is 2.31. The maximum atomic E-state index is 11.8. The number of benzene rings is 1. The van der Waals surface area contributed by atoms with Gasteiger partial charge in [0.05, 0.1) is 0 Å². The Hall–Kier alpha value is -2.10. The molecular weight excluding hydrogens is 202 g/mol. The molecule has 2 aromatic rings. The Kier molecular flexibility index (Phi) is 2.72. The Labute approximate surface area is 93.9 Å². The van der Waals surface area contributed by atoms with E-state index in [1.54, 1.807) is 22.9 Å². The minimum atomic E-state index is -0.205. The molecule has 0 bridgehead atoms. The SMILES string of the molecule is Cc1cc(C(=O)Nc2c[c]ccc2)nn1C. The van der Waals surface area contributed by atoms with Crippen LogP contribution < -0.4 is 5.32 Å². The highest BCUT2D eigenvalue weighted by molar-refractivity contribution is 6.02. The first-order valence-corrected chi connectivity index (χ1v) is 4.95. The van der Waals surface area contributed by atoms with Crippen LogP contribution in [0.5, 0.6) is 0 Å². The summed E-state index contributed by atoms with van der Waals surface area (Å²) in [5.41, 5.74) is 2.09. The molecule has 0 fully saturated rings. The van der Waals surface area contributed by atoms with Gasteiger partial charge in [0.2, 0.25) is 0 Å². The number of nitrogens with one attached hydrogen (secondary N) is 1. The summed E-state index contributed by atoms with van der Waals surface area (Å²) in [4.78, 5) is 11.8. The molecule has 0 saturated carbocycles. The summed E-state index contributed by atoms with van der Waals surface area (Å²) < 4.78 is 1.67. The standard InChI is InChI=1S/C12H12N3O/c1-9-8-11(14-15(9)2)12(16)13-10-6-4-3-5-7-10/h3-4,6-8H,1-2H3,(H,13,16). The maximum Gasteiger partial charge on any atom is 0.276 e. The van der Waals surface area contributed by atoms with E-state index in [4.69, 9.17) is 0 Å². The molecule has 0 aliphatic heterocycles. The molecule has 1 heterocycles. The van der Waals surface area contributed by atoms with Crippen LogP contribution in [0.25, 0.3) is 0 Å². The van der Waals surface area contributed by atoms with Gasteiger partial charge in [-0.05, 0) is 31.2 Å². The average molecular weight is 214 g/mol. The summed E-state index contributed by atoms with van der Waals surface area (Å²) in [5, 5.41) is 6.85. The third kappa shape index (κ3) is 2.11. The first-order valence-electron chi connectivity index (χ1n) is 4.95. The Morgan fingerprint density at radius 2 is 2.38 bits per heavy atom. The number of aromatic nitrogens is 2. The monoisotopic (exact) mass is 214 g/mol. The van der Waals surface area contributed by atoms with Crippen molar-refractivity contribution >= 4 is 11.6 Å². The molecule has 0 aliphatic carbocycles. The predicted molar refractivity (Wildman–Crippen MR) is 61.2 cm³/mol. The van der Waals surface area contributed by atoms with E-state index in [9.17, 15) is 4.79 Å². The summed E-state index contributed by atoms with van der Waals surface area (Å²) >= 11 is 0. The lowest BCUT2D eigenvalue weighted by molar-refractivity contribution is 0.102. The molecule has 2 rings (SSSR count). The smallest absolute Gasteiger partial charge is 0.276 e. The normalized spacial score (nSPS) is 10.1. The zero-order valence-electron chi connectivity index (χ0n) is 9.19. The van der Waals surface area contributed by atoms with E-state index in [0.29, 0.717) is 5.69 Å². The molecule has 1 N–H and O–H groups in total. The molecule has 4 heteroatoms. The number of aryl methyl sites for hydroxylation is 2. The van der Waals surface area contributed by atoms with Gasteiger partial charge in [-0.2, -0.15) is 5.10 Å². The van der Waals surface area contributed by atoms with Crippen molar-refractivity contribution < 1.29 is 4.79 Å². The summed E-state index contributed by atoms with van der Waals surface area (Å²) in [6, 6.07) is 11.8. The highest BCUT2D eigenvalue weighted by Gasteiger charge is 2.10. The first kappa shape index (κ1) is 10.4. The Bertz CT molecular complexity index is 483. The largest absolute Gasteiger partial charge is 0.321 e. The van der Waals surface area contributed by atoms with Gasteiger partial charge in [-0.3, -0.25) is 9.48 Å². The Morgan fingerprint density at radius 1 is 1.56 bits per heavy atom. The van der Waals surface area contributed by atoms with Crippen LogP contribution in [0.2, 0.25) is 0 Å². The van der Waals surface area contributed by atoms with Gasteiger partial charge in [0.25, 0.3) is 5.91 Å². The Morgan fingerprint density at radius 3 is 2.94 bits per heavy atom. The highest BCUT2D eigenvalue weighted by atomic mass is 16.1. The second kappa shape index (κ2) is 4.18. The van der Waals surface area contributed by atoms with Crippen LogP contribution in [0.3, 0.4) is 0 Å². The van der Waals surface area contributed by atoms with Gasteiger partial charge in [-0.15, -0.1) is 0 Å². The predicted octanol–water partition coefficient (Wildman–Crippen LogP) is 1.78. The summed E-state index contributed by atoms with van der Waals surface area (Å²) in [7, 11) is 1.81. The van der Waals surface area contributed by atoms with Crippen molar-refractivity contribution in [2.24, 2.45) is 7.05 Å². The number of carbonyl (C=O) groups is 1. The second-order valence-corrected chi connectivity index (χ2v) is 3.54. The molecule has 81 valence electrons. The quantitative estimate of drug-likeness (QED) is 0.828. The van der Waals surface area contributed by atoms with Crippen molar-refractivity contribution in [1.82, 2.24) is 9.78 Å². The van der Waals surface area contributed by atoms with E-state index in [1.165, 1.54) is 0 Å². The van der Waals surface area contributed by atoms with Crippen LogP contribution in [0.4, 0.5) is 5.69 Å². The lowest BCUT2D eigenvalue weighted by Crippen LogP contribution is -2.12. The van der Waals surface area contributed by atoms with Crippen LogP contribution in [0, 0.1) is 13.0 Å². The number of rotatable bonds is 2. The second-order valence-electron chi connectivity index (χ2n) is 3.54. The minimum absolute atomic E-state index is 0.205. The van der Waals surface area contributed by atoms with Crippen molar-refractivity contribution in [2.45, 2.75) is 6.92 Å². The number of amides is 1. The third-order valence-electron chi connectivity index (χ3n) is 2.31. The van der Waals surface area contributed by atoms with Gasteiger partial charge < -0.3 is 5.32 Å². The fraction of sp³-hybridized carbons (Fsp3) is 0.167. The molecular formula is C12H12N3O. The van der Waals surface area contributed by atoms with E-state index in [0.717, 1.165) is 11.4 Å². The number of hydrogen-bond donors (Lipinski definition) is 1. The van der Waals surface area contributed by atoms with Gasteiger partial charge in [-0.1, -0.05) is 12.1 Å². The zero-order chi connectivity index (χ0) is 11.5. The molecule has 0 aliphatic rings. The van der Waals surface area contributed by atoms with Crippen molar-refractivity contribution in [3.8, 4) is 0 Å². The fourth-order valence-corrected chi connectivity index (χ4v) is 1.34. The molecule has 1 amide bonds. The number of carbonyl (C=O) groups excluding carboxylic acids is 1. The molecule has 0 spiro atoms. The van der Waals surface area contributed by atoms with Crippen LogP contribution in [0.15, 0.2) is 30.3 Å². The van der Waals surface area contributed by atoms with E-state index < -0.39 is 0 Å². The zero-order valence-corrected chi connectivity index (χ0v) is 9.19. The van der Waals surface area contributed by atoms with Crippen molar-refractivity contribution in [2.75, 3.05) is 5.32 Å². The number of anilines is 1. The highest BCUT2D eigenvalue weighted by Crippen LogP contribution is 2.08. The van der Waals surface area contributed by atoms with Gasteiger partial charge in [0.1, 0.15) is 0 Å². The van der Waals surface area contributed by atoms with Gasteiger partial charge in [0, 0.05) is 18.4 Å². The van der Waals surface area contributed by atoms with Gasteiger partial charge in [0.15, 0.2) is 5.69 Å². The Balaban J connectivity index is 2.15. The molecule has 16 heavy (non-hydrogen) atoms. The van der Waals surface area contributed by atoms with Crippen molar-refractivity contribution in [1.29, 1.82) is 0 Å². The lowest BCUT2D eigenvalue weighted by atomic mass is 10.3. The molecule has 1 aromatic heterocycles. The molecule has 4 nitrogen and oxygen atoms in total. The van der Waals surface area contributed by atoms with E-state index in [1.807, 2.05) is 26.1 Å². The van der Waals surface area contributed by atoms with Crippen LogP contribution in [-0.2, 0) is 7.05 Å². The fourth-order valence-electron chi connectivity index (χ4n) is 1.34. The van der Waals surface area contributed by atoms with Crippen molar-refractivity contribution in [3.05, 3.63) is 47.8 Å². The molecule has 1 radical (unpaired) electrons. The van der Waals surface area contributed by atoms with Gasteiger partial charge >= 0.3 is 0 Å². The maximum absolute atomic E-state index is 11.8. The van der Waals surface area contributed by atoms with Crippen molar-refractivity contribution in [3.63, 3.8) is 0 Å². The number of hydrogen-bond acceptors (Lipinski definition) is 2. The molecule has 0 unspecified atom stereocenters. The molecule has 0 saturated heterocycles. The van der Waals surface area contributed by atoms with Crippen LogP contribution >= 0.6 is 0 Å². The van der Waals surface area contributed by atoms with E-state index in [2.05, 4.69) is 16.5 Å². The topological polar surface area (TPSA) is 46.9 Å². The summed E-state index contributed by atoms with van der Waals surface area (Å²) in [5.74, 6) is -0.205.